The van der Waals surface area contributed by atoms with Crippen LogP contribution in [0.5, 0.6) is 0 Å². The van der Waals surface area contributed by atoms with Crippen LogP contribution < -0.4 is 0 Å². The molecule has 1 aliphatic rings. The lowest BCUT2D eigenvalue weighted by Gasteiger charge is -2.08. The van der Waals surface area contributed by atoms with Crippen LogP contribution in [0.4, 0.5) is 4.39 Å². The maximum absolute atomic E-state index is 13.3. The predicted octanol–water partition coefficient (Wildman–Crippen LogP) is 4.14. The highest BCUT2D eigenvalue weighted by atomic mass is 32.2. The van der Waals surface area contributed by atoms with Crippen molar-refractivity contribution in [3.8, 4) is 0 Å². The smallest absolute Gasteiger partial charge is 0.123 e. The molecule has 1 atom stereocenters. The predicted molar refractivity (Wildman–Crippen MR) is 85.2 cm³/mol. The SMILES string of the molecule is CC1=C(Cc2ccc([S@](C)=O)cc2)c2ccc(F)cc2C1. The van der Waals surface area contributed by atoms with Crippen LogP contribution in [-0.2, 0) is 23.6 Å². The Morgan fingerprint density at radius 2 is 1.86 bits per heavy atom. The van der Waals surface area contributed by atoms with Crippen molar-refractivity contribution in [3.63, 3.8) is 0 Å². The lowest BCUT2D eigenvalue weighted by atomic mass is 9.98. The lowest BCUT2D eigenvalue weighted by molar-refractivity contribution is 0.626. The van der Waals surface area contributed by atoms with Gasteiger partial charge in [0.05, 0.1) is 0 Å². The fourth-order valence-corrected chi connectivity index (χ4v) is 3.39. The maximum Gasteiger partial charge on any atom is 0.123 e. The van der Waals surface area contributed by atoms with Crippen molar-refractivity contribution in [1.82, 2.24) is 0 Å². The van der Waals surface area contributed by atoms with Gasteiger partial charge in [0.2, 0.25) is 0 Å². The number of halogens is 1. The number of rotatable bonds is 3. The van der Waals surface area contributed by atoms with Crippen molar-refractivity contribution >= 4 is 16.4 Å². The average molecular weight is 300 g/mol. The summed E-state index contributed by atoms with van der Waals surface area (Å²) in [6, 6.07) is 12.9. The molecule has 0 aliphatic heterocycles. The van der Waals surface area contributed by atoms with Crippen LogP contribution in [-0.4, -0.2) is 10.5 Å². The van der Waals surface area contributed by atoms with E-state index in [1.807, 2.05) is 30.3 Å². The normalized spacial score (nSPS) is 15.2. The van der Waals surface area contributed by atoms with E-state index >= 15 is 0 Å². The first-order valence-electron chi connectivity index (χ1n) is 6.94. The molecule has 0 spiro atoms. The van der Waals surface area contributed by atoms with Gasteiger partial charge in [-0.1, -0.05) is 23.8 Å². The topological polar surface area (TPSA) is 17.1 Å². The quantitative estimate of drug-likeness (QED) is 0.833. The first-order valence-corrected chi connectivity index (χ1v) is 8.50. The van der Waals surface area contributed by atoms with Gasteiger partial charge in [-0.25, -0.2) is 4.39 Å². The zero-order valence-electron chi connectivity index (χ0n) is 12.2. The molecule has 2 aromatic rings. The minimum absolute atomic E-state index is 0.169. The molecular formula is C18H17FOS. The van der Waals surface area contributed by atoms with Crippen molar-refractivity contribution in [2.75, 3.05) is 6.26 Å². The van der Waals surface area contributed by atoms with E-state index in [-0.39, 0.29) is 5.82 Å². The summed E-state index contributed by atoms with van der Waals surface area (Å²) >= 11 is 0. The Bertz CT molecular complexity index is 744. The van der Waals surface area contributed by atoms with Gasteiger partial charge in [0.1, 0.15) is 5.82 Å². The molecule has 0 amide bonds. The Kier molecular flexibility index (Phi) is 3.77. The lowest BCUT2D eigenvalue weighted by Crippen LogP contribution is -1.93. The van der Waals surface area contributed by atoms with E-state index in [1.54, 1.807) is 12.3 Å². The Morgan fingerprint density at radius 1 is 1.14 bits per heavy atom. The van der Waals surface area contributed by atoms with Crippen molar-refractivity contribution < 1.29 is 8.60 Å². The summed E-state index contributed by atoms with van der Waals surface area (Å²) in [5.41, 5.74) is 6.02. The summed E-state index contributed by atoms with van der Waals surface area (Å²) in [6.45, 7) is 2.11. The van der Waals surface area contributed by atoms with Gasteiger partial charge < -0.3 is 0 Å². The first-order chi connectivity index (χ1) is 10.0. The van der Waals surface area contributed by atoms with E-state index in [0.29, 0.717) is 0 Å². The summed E-state index contributed by atoms with van der Waals surface area (Å²) in [6.07, 6.45) is 3.35. The van der Waals surface area contributed by atoms with E-state index in [2.05, 4.69) is 6.92 Å². The van der Waals surface area contributed by atoms with Crippen LogP contribution in [0.25, 0.3) is 5.57 Å². The summed E-state index contributed by atoms with van der Waals surface area (Å²) in [5, 5.41) is 0. The van der Waals surface area contributed by atoms with Gasteiger partial charge in [-0.15, -0.1) is 0 Å². The largest absolute Gasteiger partial charge is 0.255 e. The molecule has 0 radical (unpaired) electrons. The molecule has 1 aliphatic carbocycles. The number of hydrogen-bond acceptors (Lipinski definition) is 1. The van der Waals surface area contributed by atoms with Gasteiger partial charge in [-0.2, -0.15) is 0 Å². The minimum Gasteiger partial charge on any atom is -0.255 e. The minimum atomic E-state index is -0.941. The molecule has 21 heavy (non-hydrogen) atoms. The van der Waals surface area contributed by atoms with E-state index < -0.39 is 10.8 Å². The Labute approximate surface area is 127 Å². The molecule has 108 valence electrons. The Hall–Kier alpha value is -1.74. The summed E-state index contributed by atoms with van der Waals surface area (Å²) in [5.74, 6) is -0.169. The second-order valence-electron chi connectivity index (χ2n) is 5.51. The van der Waals surface area contributed by atoms with Crippen LogP contribution in [0.3, 0.4) is 0 Å². The van der Waals surface area contributed by atoms with Gasteiger partial charge in [0.15, 0.2) is 0 Å². The van der Waals surface area contributed by atoms with Crippen molar-refractivity contribution in [3.05, 3.63) is 70.5 Å². The molecule has 2 aromatic carbocycles. The molecule has 1 nitrogen and oxygen atoms in total. The van der Waals surface area contributed by atoms with Crippen LogP contribution >= 0.6 is 0 Å². The fraction of sp³-hybridized carbons (Fsp3) is 0.222. The standard InChI is InChI=1S/C18H17FOS/c1-12-9-14-11-15(19)5-8-17(14)18(12)10-13-3-6-16(7-4-13)21(2)20/h3-8,11H,9-10H2,1-2H3/t21-/m0/s1. The van der Waals surface area contributed by atoms with Crippen molar-refractivity contribution in [1.29, 1.82) is 0 Å². The molecule has 3 rings (SSSR count). The summed E-state index contributed by atoms with van der Waals surface area (Å²) < 4.78 is 24.7. The third kappa shape index (κ3) is 2.84. The monoisotopic (exact) mass is 300 g/mol. The van der Waals surface area contributed by atoms with E-state index in [4.69, 9.17) is 0 Å². The molecule has 0 saturated carbocycles. The average Bonchev–Trinajstić information content (AvgIpc) is 2.75. The third-order valence-electron chi connectivity index (χ3n) is 4.00. The second kappa shape index (κ2) is 5.57. The Balaban J connectivity index is 1.88. The highest BCUT2D eigenvalue weighted by Crippen LogP contribution is 2.35. The van der Waals surface area contributed by atoms with Gasteiger partial charge in [0.25, 0.3) is 0 Å². The van der Waals surface area contributed by atoms with Crippen molar-refractivity contribution in [2.45, 2.75) is 24.7 Å². The van der Waals surface area contributed by atoms with Gasteiger partial charge >= 0.3 is 0 Å². The zero-order valence-corrected chi connectivity index (χ0v) is 13.0. The number of allylic oxidation sites excluding steroid dienone is 2. The second-order valence-corrected chi connectivity index (χ2v) is 6.89. The molecular weight excluding hydrogens is 283 g/mol. The number of hydrogen-bond donors (Lipinski definition) is 0. The van der Waals surface area contributed by atoms with E-state index in [0.717, 1.165) is 28.9 Å². The van der Waals surface area contributed by atoms with Gasteiger partial charge in [0, 0.05) is 22.0 Å². The molecule has 0 N–H and O–H groups in total. The molecule has 0 heterocycles. The highest BCUT2D eigenvalue weighted by molar-refractivity contribution is 7.84. The fourth-order valence-electron chi connectivity index (χ4n) is 2.87. The van der Waals surface area contributed by atoms with Crippen LogP contribution in [0.2, 0.25) is 0 Å². The van der Waals surface area contributed by atoms with Crippen LogP contribution in [0.1, 0.15) is 23.6 Å². The van der Waals surface area contributed by atoms with E-state index in [1.165, 1.54) is 22.8 Å². The van der Waals surface area contributed by atoms with Gasteiger partial charge in [-0.05, 0) is 66.3 Å². The molecule has 0 bridgehead atoms. The van der Waals surface area contributed by atoms with Crippen LogP contribution in [0, 0.1) is 5.82 Å². The maximum atomic E-state index is 13.3. The molecule has 0 unspecified atom stereocenters. The molecule has 3 heteroatoms. The van der Waals surface area contributed by atoms with E-state index in [9.17, 15) is 8.60 Å². The Morgan fingerprint density at radius 3 is 2.52 bits per heavy atom. The number of benzene rings is 2. The van der Waals surface area contributed by atoms with Gasteiger partial charge in [-0.3, -0.25) is 4.21 Å². The van der Waals surface area contributed by atoms with Crippen molar-refractivity contribution in [2.24, 2.45) is 0 Å². The zero-order chi connectivity index (χ0) is 15.0. The molecule has 0 aromatic heterocycles. The molecule has 0 fully saturated rings. The summed E-state index contributed by atoms with van der Waals surface area (Å²) in [4.78, 5) is 0.846. The first kappa shape index (κ1) is 14.2. The third-order valence-corrected chi connectivity index (χ3v) is 4.94. The highest BCUT2D eigenvalue weighted by Gasteiger charge is 2.19. The molecule has 0 saturated heterocycles. The summed E-state index contributed by atoms with van der Waals surface area (Å²) in [7, 11) is -0.941. The van der Waals surface area contributed by atoms with Crippen LogP contribution in [0.15, 0.2) is 52.9 Å². The number of fused-ring (bicyclic) bond motifs is 1.